The lowest BCUT2D eigenvalue weighted by Gasteiger charge is -2.14. The normalized spacial score (nSPS) is 14.2. The second-order valence-electron chi connectivity index (χ2n) is 4.19. The maximum Gasteiger partial charge on any atom is 0.250 e. The number of carbonyl (C=O) groups excluding carboxylic acids is 2. The molecule has 1 aliphatic rings. The summed E-state index contributed by atoms with van der Waals surface area (Å²) in [5.41, 5.74) is 7.27. The van der Waals surface area contributed by atoms with E-state index in [1.165, 1.54) is 0 Å². The number of hydrogen-bond donors (Lipinski definition) is 1. The zero-order valence-electron chi connectivity index (χ0n) is 9.51. The molecule has 0 spiro atoms. The van der Waals surface area contributed by atoms with Crippen LogP contribution in [0.1, 0.15) is 22.5 Å². The van der Waals surface area contributed by atoms with Gasteiger partial charge in [0.2, 0.25) is 0 Å². The van der Waals surface area contributed by atoms with E-state index in [1.807, 2.05) is 24.3 Å². The van der Waals surface area contributed by atoms with Crippen LogP contribution in [0.15, 0.2) is 36.4 Å². The SMILES string of the molecule is NC(=O)C1=CCC(=O)c2cc3ccccc3nc21. The molecule has 1 aliphatic carbocycles. The van der Waals surface area contributed by atoms with Gasteiger partial charge in [-0.15, -0.1) is 0 Å². The molecule has 0 saturated carbocycles. The number of allylic oxidation sites excluding steroid dienone is 1. The molecular weight excluding hydrogens is 228 g/mol. The number of fused-ring (bicyclic) bond motifs is 2. The highest BCUT2D eigenvalue weighted by Gasteiger charge is 2.24. The number of pyridine rings is 1. The molecule has 1 amide bonds. The van der Waals surface area contributed by atoms with Gasteiger partial charge in [0.1, 0.15) is 0 Å². The number of para-hydroxylation sites is 1. The van der Waals surface area contributed by atoms with E-state index in [4.69, 9.17) is 5.73 Å². The van der Waals surface area contributed by atoms with Crippen LogP contribution >= 0.6 is 0 Å². The van der Waals surface area contributed by atoms with Gasteiger partial charge in [-0.3, -0.25) is 9.59 Å². The van der Waals surface area contributed by atoms with Gasteiger partial charge >= 0.3 is 0 Å². The molecule has 0 unspecified atom stereocenters. The van der Waals surface area contributed by atoms with Gasteiger partial charge in [-0.05, 0) is 12.1 Å². The summed E-state index contributed by atoms with van der Waals surface area (Å²) in [6.45, 7) is 0. The average Bonchev–Trinajstić information content (AvgIpc) is 2.37. The van der Waals surface area contributed by atoms with Gasteiger partial charge < -0.3 is 5.73 Å². The van der Waals surface area contributed by atoms with Gasteiger partial charge in [-0.25, -0.2) is 4.98 Å². The number of carbonyl (C=O) groups is 2. The van der Waals surface area contributed by atoms with Crippen LogP contribution in [0.5, 0.6) is 0 Å². The molecule has 0 atom stereocenters. The Labute approximate surface area is 103 Å². The Hall–Kier alpha value is -2.49. The quantitative estimate of drug-likeness (QED) is 0.821. The van der Waals surface area contributed by atoms with Gasteiger partial charge in [-0.1, -0.05) is 24.3 Å². The first-order chi connectivity index (χ1) is 8.66. The number of rotatable bonds is 1. The first-order valence-electron chi connectivity index (χ1n) is 5.60. The van der Waals surface area contributed by atoms with Crippen molar-refractivity contribution in [3.05, 3.63) is 47.7 Å². The van der Waals surface area contributed by atoms with Crippen molar-refractivity contribution in [1.29, 1.82) is 0 Å². The van der Waals surface area contributed by atoms with Gasteiger partial charge in [-0.2, -0.15) is 0 Å². The third kappa shape index (κ3) is 1.50. The van der Waals surface area contributed by atoms with Crippen molar-refractivity contribution in [1.82, 2.24) is 4.98 Å². The fraction of sp³-hybridized carbons (Fsp3) is 0.0714. The molecule has 88 valence electrons. The summed E-state index contributed by atoms with van der Waals surface area (Å²) in [7, 11) is 0. The summed E-state index contributed by atoms with van der Waals surface area (Å²) < 4.78 is 0. The van der Waals surface area contributed by atoms with E-state index in [0.717, 1.165) is 10.9 Å². The molecule has 0 aliphatic heterocycles. The van der Waals surface area contributed by atoms with Gasteiger partial charge in [0.05, 0.1) is 16.8 Å². The molecule has 4 heteroatoms. The van der Waals surface area contributed by atoms with Crippen LogP contribution < -0.4 is 5.73 Å². The number of aromatic nitrogens is 1. The highest BCUT2D eigenvalue weighted by atomic mass is 16.1. The standard InChI is InChI=1S/C14H10N2O2/c15-14(18)9-5-6-12(17)10-7-8-3-1-2-4-11(8)16-13(9)10/h1-5,7H,6H2,(H2,15,18). The monoisotopic (exact) mass is 238 g/mol. The molecule has 1 aromatic heterocycles. The van der Waals surface area contributed by atoms with Crippen LogP contribution in [-0.2, 0) is 4.79 Å². The molecule has 2 aromatic rings. The number of benzene rings is 1. The Morgan fingerprint density at radius 1 is 1.28 bits per heavy atom. The average molecular weight is 238 g/mol. The molecule has 1 aromatic carbocycles. The first-order valence-corrected chi connectivity index (χ1v) is 5.60. The predicted molar refractivity (Wildman–Crippen MR) is 67.9 cm³/mol. The smallest absolute Gasteiger partial charge is 0.250 e. The molecule has 0 radical (unpaired) electrons. The summed E-state index contributed by atoms with van der Waals surface area (Å²) in [6.07, 6.45) is 1.75. The fourth-order valence-electron chi connectivity index (χ4n) is 2.15. The van der Waals surface area contributed by atoms with Crippen LogP contribution in [0.25, 0.3) is 16.5 Å². The maximum absolute atomic E-state index is 11.9. The Morgan fingerprint density at radius 2 is 2.06 bits per heavy atom. The summed E-state index contributed by atoms with van der Waals surface area (Å²) in [4.78, 5) is 27.6. The fourth-order valence-corrected chi connectivity index (χ4v) is 2.15. The Balaban J connectivity index is 2.34. The zero-order valence-corrected chi connectivity index (χ0v) is 9.51. The van der Waals surface area contributed by atoms with E-state index >= 15 is 0 Å². The second-order valence-corrected chi connectivity index (χ2v) is 4.19. The van der Waals surface area contributed by atoms with Gasteiger partial charge in [0, 0.05) is 17.4 Å². The number of primary amides is 1. The lowest BCUT2D eigenvalue weighted by molar-refractivity contribution is -0.112. The third-order valence-electron chi connectivity index (χ3n) is 3.04. The molecular formula is C14H10N2O2. The minimum atomic E-state index is -0.550. The van der Waals surface area contributed by atoms with Crippen molar-refractivity contribution in [2.24, 2.45) is 5.73 Å². The summed E-state index contributed by atoms with van der Waals surface area (Å²) in [5, 5.41) is 0.885. The van der Waals surface area contributed by atoms with E-state index in [0.29, 0.717) is 16.8 Å². The van der Waals surface area contributed by atoms with E-state index < -0.39 is 5.91 Å². The highest BCUT2D eigenvalue weighted by molar-refractivity contribution is 6.23. The molecule has 0 saturated heterocycles. The number of nitrogens with two attached hydrogens (primary N) is 1. The number of ketones is 1. The number of amides is 1. The minimum absolute atomic E-state index is 0.0340. The van der Waals surface area contributed by atoms with Crippen molar-refractivity contribution in [3.63, 3.8) is 0 Å². The maximum atomic E-state index is 11.9. The molecule has 0 bridgehead atoms. The van der Waals surface area contributed by atoms with Gasteiger partial charge in [0.15, 0.2) is 5.78 Å². The number of Topliss-reactive ketones (excluding diaryl/α,β-unsaturated/α-hetero) is 1. The summed E-state index contributed by atoms with van der Waals surface area (Å²) >= 11 is 0. The van der Waals surface area contributed by atoms with Gasteiger partial charge in [0.25, 0.3) is 5.91 Å². The van der Waals surface area contributed by atoms with Crippen molar-refractivity contribution < 1.29 is 9.59 Å². The molecule has 2 N–H and O–H groups in total. The van der Waals surface area contributed by atoms with Crippen LogP contribution in [0.3, 0.4) is 0 Å². The number of nitrogens with zero attached hydrogens (tertiary/aromatic N) is 1. The number of hydrogen-bond acceptors (Lipinski definition) is 3. The van der Waals surface area contributed by atoms with E-state index in [-0.39, 0.29) is 12.2 Å². The highest BCUT2D eigenvalue weighted by Crippen LogP contribution is 2.27. The van der Waals surface area contributed by atoms with E-state index in [9.17, 15) is 9.59 Å². The van der Waals surface area contributed by atoms with Crippen molar-refractivity contribution >= 4 is 28.2 Å². The molecule has 1 heterocycles. The van der Waals surface area contributed by atoms with Crippen LogP contribution in [0, 0.1) is 0 Å². The van der Waals surface area contributed by atoms with E-state index in [2.05, 4.69) is 4.98 Å². The molecule has 0 fully saturated rings. The topological polar surface area (TPSA) is 73.1 Å². The van der Waals surface area contributed by atoms with Crippen LogP contribution in [-0.4, -0.2) is 16.7 Å². The lowest BCUT2D eigenvalue weighted by Crippen LogP contribution is -2.20. The second kappa shape index (κ2) is 3.77. The van der Waals surface area contributed by atoms with E-state index in [1.54, 1.807) is 12.1 Å². The lowest BCUT2D eigenvalue weighted by atomic mass is 9.92. The third-order valence-corrected chi connectivity index (χ3v) is 3.04. The minimum Gasteiger partial charge on any atom is -0.366 e. The Kier molecular flexibility index (Phi) is 2.23. The largest absolute Gasteiger partial charge is 0.366 e. The Bertz CT molecular complexity index is 717. The summed E-state index contributed by atoms with van der Waals surface area (Å²) in [5.74, 6) is -0.584. The van der Waals surface area contributed by atoms with Crippen molar-refractivity contribution in [2.75, 3.05) is 0 Å². The molecule has 3 rings (SSSR count). The van der Waals surface area contributed by atoms with Crippen LogP contribution in [0.4, 0.5) is 0 Å². The van der Waals surface area contributed by atoms with Crippen molar-refractivity contribution in [3.8, 4) is 0 Å². The van der Waals surface area contributed by atoms with Crippen LogP contribution in [0.2, 0.25) is 0 Å². The molecule has 4 nitrogen and oxygen atoms in total. The summed E-state index contributed by atoms with van der Waals surface area (Å²) in [6, 6.07) is 9.25. The van der Waals surface area contributed by atoms with Crippen molar-refractivity contribution in [2.45, 2.75) is 6.42 Å². The Morgan fingerprint density at radius 3 is 2.83 bits per heavy atom. The molecule has 18 heavy (non-hydrogen) atoms. The predicted octanol–water partition coefficient (Wildman–Crippen LogP) is 1.69. The zero-order chi connectivity index (χ0) is 12.7. The first kappa shape index (κ1) is 10.7.